The molecule has 0 saturated carbocycles. The highest BCUT2D eigenvalue weighted by molar-refractivity contribution is 8.00. The van der Waals surface area contributed by atoms with Crippen LogP contribution in [0.15, 0.2) is 59.6 Å². The van der Waals surface area contributed by atoms with Gasteiger partial charge in [-0.2, -0.15) is 5.26 Å². The van der Waals surface area contributed by atoms with Crippen LogP contribution < -0.4 is 9.64 Å². The third-order valence-electron chi connectivity index (χ3n) is 7.33. The van der Waals surface area contributed by atoms with E-state index in [1.165, 1.54) is 37.8 Å². The molecular weight excluding hydrogens is 554 g/mol. The number of nitrogens with zero attached hydrogens (tertiary/aromatic N) is 3. The van der Waals surface area contributed by atoms with Crippen molar-refractivity contribution >= 4 is 41.0 Å². The van der Waals surface area contributed by atoms with Gasteiger partial charge >= 0.3 is 5.97 Å². The molecule has 2 heterocycles. The lowest BCUT2D eigenvalue weighted by molar-refractivity contribution is -0.121. The predicted molar refractivity (Wildman–Crippen MR) is 156 cm³/mol. The maximum Gasteiger partial charge on any atom is 0.338 e. The molecule has 5 rings (SSSR count). The Balaban J connectivity index is 1.24. The zero-order valence-electron chi connectivity index (χ0n) is 23.1. The van der Waals surface area contributed by atoms with Gasteiger partial charge in [-0.3, -0.25) is 14.4 Å². The number of aryl methyl sites for hydroxylation is 2. The number of benzene rings is 2. The van der Waals surface area contributed by atoms with Gasteiger partial charge in [0.2, 0.25) is 11.8 Å². The number of fused-ring (bicyclic) bond motifs is 1. The van der Waals surface area contributed by atoms with Crippen molar-refractivity contribution in [1.29, 1.82) is 5.26 Å². The molecular formula is C32H29N3O6S. The summed E-state index contributed by atoms with van der Waals surface area (Å²) in [6.07, 6.45) is 6.11. The summed E-state index contributed by atoms with van der Waals surface area (Å²) in [7, 11) is 1.49. The molecule has 9 nitrogen and oxygen atoms in total. The second-order valence-corrected chi connectivity index (χ2v) is 11.3. The molecule has 42 heavy (non-hydrogen) atoms. The highest BCUT2D eigenvalue weighted by Gasteiger charge is 2.41. The summed E-state index contributed by atoms with van der Waals surface area (Å²) in [6, 6.07) is 16.5. The van der Waals surface area contributed by atoms with Crippen LogP contribution in [0.1, 0.15) is 69.6 Å². The fraction of sp³-hybridized carbons (Fsp3) is 0.312. The van der Waals surface area contributed by atoms with E-state index in [-0.39, 0.29) is 23.7 Å². The Kier molecular flexibility index (Phi) is 8.98. The van der Waals surface area contributed by atoms with Crippen LogP contribution in [0, 0.1) is 11.3 Å². The Hall–Kier alpha value is -4.49. The fourth-order valence-electron chi connectivity index (χ4n) is 5.08. The van der Waals surface area contributed by atoms with Gasteiger partial charge in [0, 0.05) is 17.7 Å². The number of Topliss-reactive ketones (excluding diaryl/α,β-unsaturated/α-hetero) is 1. The van der Waals surface area contributed by atoms with Gasteiger partial charge in [0.1, 0.15) is 16.8 Å². The predicted octanol–water partition coefficient (Wildman–Crippen LogP) is 5.08. The molecule has 1 aliphatic heterocycles. The minimum absolute atomic E-state index is 0.0245. The monoisotopic (exact) mass is 583 g/mol. The second-order valence-electron chi connectivity index (χ2n) is 10.1. The number of carbonyl (C=O) groups excluding carboxylic acids is 4. The van der Waals surface area contributed by atoms with E-state index in [0.29, 0.717) is 27.6 Å². The molecule has 1 saturated heterocycles. The molecule has 1 fully saturated rings. The molecule has 1 atom stereocenters. The summed E-state index contributed by atoms with van der Waals surface area (Å²) in [5.41, 5.74) is 3.33. The number of pyridine rings is 1. The van der Waals surface area contributed by atoms with E-state index in [2.05, 4.69) is 6.07 Å². The van der Waals surface area contributed by atoms with Gasteiger partial charge in [0.15, 0.2) is 12.4 Å². The number of ether oxygens (including phenoxy) is 2. The molecule has 3 aromatic rings. The maximum atomic E-state index is 13.3. The number of nitriles is 1. The summed E-state index contributed by atoms with van der Waals surface area (Å²) in [5, 5.41) is 9.53. The summed E-state index contributed by atoms with van der Waals surface area (Å²) >= 11 is 1.16. The number of imide groups is 1. The van der Waals surface area contributed by atoms with Crippen LogP contribution in [0.3, 0.4) is 0 Å². The first kappa shape index (κ1) is 29.0. The molecule has 0 spiro atoms. The summed E-state index contributed by atoms with van der Waals surface area (Å²) < 4.78 is 10.3. The van der Waals surface area contributed by atoms with Crippen molar-refractivity contribution in [2.24, 2.45) is 0 Å². The number of aromatic nitrogens is 1. The van der Waals surface area contributed by atoms with Crippen LogP contribution >= 0.6 is 11.8 Å². The molecule has 0 radical (unpaired) electrons. The van der Waals surface area contributed by atoms with Crippen molar-refractivity contribution in [2.45, 2.75) is 55.2 Å². The van der Waals surface area contributed by atoms with Gasteiger partial charge in [-0.1, -0.05) is 36.7 Å². The van der Waals surface area contributed by atoms with E-state index in [0.717, 1.165) is 60.0 Å². The van der Waals surface area contributed by atoms with Crippen molar-refractivity contribution < 1.29 is 28.7 Å². The standard InChI is InChI=1S/C32H29N3O6S/c1-40-25-9-6-8-22(16-25)27(36)19-41-32(39)20-11-13-24(14-12-20)35-29(37)17-28(31(35)38)42-30-23(18-33)15-21-7-4-2-3-5-10-26(21)34-30/h6,8-9,11-16,28H,2-5,7,10,17,19H2,1H3. The number of anilines is 1. The SMILES string of the molecule is COc1cccc(C(=O)COC(=O)c2ccc(N3C(=O)CC(Sc4nc5c(cc4C#N)CCCCCC5)C3=O)cc2)c1. The first-order chi connectivity index (χ1) is 20.4. The van der Waals surface area contributed by atoms with E-state index in [4.69, 9.17) is 14.5 Å². The fourth-order valence-corrected chi connectivity index (χ4v) is 6.18. The normalized spacial score (nSPS) is 16.7. The van der Waals surface area contributed by atoms with Crippen LogP contribution in [0.25, 0.3) is 0 Å². The van der Waals surface area contributed by atoms with Gasteiger partial charge < -0.3 is 9.47 Å². The molecule has 2 aromatic carbocycles. The Labute approximate surface area is 247 Å². The first-order valence-electron chi connectivity index (χ1n) is 13.8. The van der Waals surface area contributed by atoms with E-state index in [9.17, 15) is 24.4 Å². The van der Waals surface area contributed by atoms with E-state index >= 15 is 0 Å². The van der Waals surface area contributed by atoms with Gasteiger partial charge in [0.25, 0.3) is 0 Å². The summed E-state index contributed by atoms with van der Waals surface area (Å²) in [6.45, 7) is -0.447. The third kappa shape index (κ3) is 6.37. The number of hydrogen-bond donors (Lipinski definition) is 0. The first-order valence-corrected chi connectivity index (χ1v) is 14.7. The van der Waals surface area contributed by atoms with E-state index < -0.39 is 23.7 Å². The number of carbonyl (C=O) groups is 4. The lowest BCUT2D eigenvalue weighted by Crippen LogP contribution is -2.31. The van der Waals surface area contributed by atoms with Crippen LogP contribution in [-0.2, 0) is 27.2 Å². The quantitative estimate of drug-likeness (QED) is 0.203. The number of thioether (sulfide) groups is 1. The maximum absolute atomic E-state index is 13.3. The lowest BCUT2D eigenvalue weighted by atomic mass is 9.96. The van der Waals surface area contributed by atoms with Crippen LogP contribution in [0.5, 0.6) is 5.75 Å². The zero-order valence-corrected chi connectivity index (χ0v) is 23.9. The number of hydrogen-bond acceptors (Lipinski definition) is 9. The van der Waals surface area contributed by atoms with Crippen molar-refractivity contribution in [1.82, 2.24) is 4.98 Å². The van der Waals surface area contributed by atoms with E-state index in [1.54, 1.807) is 24.3 Å². The Bertz CT molecular complexity index is 1580. The van der Waals surface area contributed by atoms with Gasteiger partial charge in [-0.25, -0.2) is 14.7 Å². The molecule has 10 heteroatoms. The Morgan fingerprint density at radius 3 is 2.52 bits per heavy atom. The molecule has 214 valence electrons. The molecule has 1 unspecified atom stereocenters. The van der Waals surface area contributed by atoms with Crippen LogP contribution in [-0.4, -0.2) is 47.5 Å². The minimum atomic E-state index is -0.712. The van der Waals surface area contributed by atoms with Crippen molar-refractivity contribution in [2.75, 3.05) is 18.6 Å². The van der Waals surface area contributed by atoms with Gasteiger partial charge in [-0.15, -0.1) is 0 Å². The Morgan fingerprint density at radius 2 is 1.79 bits per heavy atom. The van der Waals surface area contributed by atoms with Crippen molar-refractivity contribution in [3.05, 3.63) is 82.5 Å². The number of methoxy groups -OCH3 is 1. The zero-order chi connectivity index (χ0) is 29.6. The number of ketones is 1. The average Bonchev–Trinajstić information content (AvgIpc) is 3.28. The number of rotatable bonds is 8. The van der Waals surface area contributed by atoms with Crippen molar-refractivity contribution in [3.8, 4) is 11.8 Å². The summed E-state index contributed by atoms with van der Waals surface area (Å²) in [4.78, 5) is 57.0. The van der Waals surface area contributed by atoms with Crippen molar-refractivity contribution in [3.63, 3.8) is 0 Å². The van der Waals surface area contributed by atoms with Crippen LogP contribution in [0.2, 0.25) is 0 Å². The average molecular weight is 584 g/mol. The topological polar surface area (TPSA) is 127 Å². The molecule has 1 aromatic heterocycles. The van der Waals surface area contributed by atoms with Crippen LogP contribution in [0.4, 0.5) is 5.69 Å². The molecule has 0 bridgehead atoms. The lowest BCUT2D eigenvalue weighted by Gasteiger charge is -2.17. The molecule has 2 amide bonds. The minimum Gasteiger partial charge on any atom is -0.497 e. The molecule has 0 N–H and O–H groups in total. The second kappa shape index (κ2) is 13.0. The third-order valence-corrected chi connectivity index (χ3v) is 8.52. The smallest absolute Gasteiger partial charge is 0.338 e. The van der Waals surface area contributed by atoms with E-state index in [1.807, 2.05) is 6.07 Å². The largest absolute Gasteiger partial charge is 0.497 e. The number of esters is 1. The highest BCUT2D eigenvalue weighted by atomic mass is 32.2. The van der Waals surface area contributed by atoms with Gasteiger partial charge in [0.05, 0.1) is 29.2 Å². The molecule has 1 aliphatic carbocycles. The number of amides is 2. The summed E-state index contributed by atoms with van der Waals surface area (Å²) in [5.74, 6) is -1.35. The Morgan fingerprint density at radius 1 is 1.02 bits per heavy atom. The van der Waals surface area contributed by atoms with Gasteiger partial charge in [-0.05, 0) is 73.7 Å². The molecule has 2 aliphatic rings. The highest BCUT2D eigenvalue weighted by Crippen LogP contribution is 2.36.